The maximum absolute atomic E-state index is 15.2. The van der Waals surface area contributed by atoms with Crippen LogP contribution in [0.15, 0.2) is 18.2 Å². The minimum absolute atomic E-state index is 0.0341. The van der Waals surface area contributed by atoms with E-state index in [9.17, 15) is 14.7 Å². The number of aliphatic hydroxyl groups is 1. The number of ether oxygens (including phenoxy) is 3. The number of ketones is 1. The third kappa shape index (κ3) is 6.05. The normalized spacial score (nSPS) is 35.6. The molecule has 2 aliphatic rings. The number of cyclic esters (lactones) is 1. The SMILES string of the molecule is COC1C(C)CCCC2(C)OC2CC(c2ccc3sc(C)nc3c2)(C(F)(F)F)OC(=O)CC(O)C(C)(C)C(=O)C1C. The highest BCUT2D eigenvalue weighted by Crippen LogP contribution is 2.54. The first-order valence-corrected chi connectivity index (χ1v) is 14.9. The Balaban J connectivity index is 1.78. The highest BCUT2D eigenvalue weighted by atomic mass is 32.1. The number of methoxy groups -OCH3 is 1. The van der Waals surface area contributed by atoms with Gasteiger partial charge in [0, 0.05) is 25.0 Å². The summed E-state index contributed by atoms with van der Waals surface area (Å²) in [6.07, 6.45) is -7.46. The van der Waals surface area contributed by atoms with Crippen molar-refractivity contribution in [1.82, 2.24) is 4.98 Å². The number of hydrogen-bond donors (Lipinski definition) is 1. The summed E-state index contributed by atoms with van der Waals surface area (Å²) in [5.41, 5.74) is -5.19. The molecular weight excluding hydrogens is 559 g/mol. The van der Waals surface area contributed by atoms with Gasteiger partial charge >= 0.3 is 12.1 Å². The molecule has 7 unspecified atom stereocenters. The fourth-order valence-electron chi connectivity index (χ4n) is 6.30. The lowest BCUT2D eigenvalue weighted by Crippen LogP contribution is -2.50. The van der Waals surface area contributed by atoms with Crippen LogP contribution in [-0.2, 0) is 29.4 Å². The fraction of sp³-hybridized carbons (Fsp3) is 0.700. The number of carbonyl (C=O) groups excluding carboxylic acids is 2. The molecule has 41 heavy (non-hydrogen) atoms. The van der Waals surface area contributed by atoms with Crippen LogP contribution in [-0.4, -0.2) is 59.0 Å². The molecule has 0 amide bonds. The van der Waals surface area contributed by atoms with Crippen LogP contribution in [0.5, 0.6) is 0 Å². The molecule has 4 rings (SSSR count). The molecule has 1 aromatic heterocycles. The zero-order chi connectivity index (χ0) is 30.5. The molecule has 2 fully saturated rings. The van der Waals surface area contributed by atoms with Gasteiger partial charge in [-0.15, -0.1) is 11.3 Å². The average Bonchev–Trinajstić information content (AvgIpc) is 3.33. The Morgan fingerprint density at radius 1 is 1.17 bits per heavy atom. The van der Waals surface area contributed by atoms with Crippen molar-refractivity contribution in [2.24, 2.45) is 17.3 Å². The minimum Gasteiger partial charge on any atom is -0.444 e. The van der Waals surface area contributed by atoms with E-state index in [2.05, 4.69) is 4.98 Å². The highest BCUT2D eigenvalue weighted by molar-refractivity contribution is 7.18. The summed E-state index contributed by atoms with van der Waals surface area (Å²) in [6.45, 7) is 10.2. The molecule has 0 aliphatic carbocycles. The van der Waals surface area contributed by atoms with Crippen LogP contribution >= 0.6 is 11.3 Å². The molecule has 2 aliphatic heterocycles. The van der Waals surface area contributed by atoms with Gasteiger partial charge in [-0.25, -0.2) is 4.98 Å². The Morgan fingerprint density at radius 2 is 1.85 bits per heavy atom. The second-order valence-corrected chi connectivity index (χ2v) is 13.7. The maximum atomic E-state index is 15.2. The first-order valence-electron chi connectivity index (χ1n) is 14.0. The number of thiazole rings is 1. The molecule has 7 atom stereocenters. The van der Waals surface area contributed by atoms with E-state index in [1.165, 1.54) is 44.4 Å². The van der Waals surface area contributed by atoms with Crippen molar-refractivity contribution in [2.75, 3.05) is 7.11 Å². The van der Waals surface area contributed by atoms with E-state index in [0.29, 0.717) is 34.5 Å². The molecule has 7 nitrogen and oxygen atoms in total. The summed E-state index contributed by atoms with van der Waals surface area (Å²) in [4.78, 5) is 31.2. The van der Waals surface area contributed by atoms with E-state index in [0.717, 1.165) is 0 Å². The molecule has 0 saturated carbocycles. The second-order valence-electron chi connectivity index (χ2n) is 12.5. The van der Waals surface area contributed by atoms with Gasteiger partial charge in [-0.3, -0.25) is 9.59 Å². The van der Waals surface area contributed by atoms with Crippen molar-refractivity contribution in [1.29, 1.82) is 0 Å². The molecule has 11 heteroatoms. The smallest absolute Gasteiger partial charge is 0.432 e. The summed E-state index contributed by atoms with van der Waals surface area (Å²) >= 11 is 1.35. The van der Waals surface area contributed by atoms with E-state index in [4.69, 9.17) is 14.2 Å². The number of alkyl halides is 3. The third-order valence-corrected chi connectivity index (χ3v) is 10.1. The molecule has 2 aromatic rings. The zero-order valence-corrected chi connectivity index (χ0v) is 25.4. The molecule has 2 saturated heterocycles. The van der Waals surface area contributed by atoms with E-state index in [1.54, 1.807) is 26.8 Å². The number of Topliss-reactive ketones (excluding diaryl/α,β-unsaturated/α-hetero) is 1. The number of nitrogens with zero attached hydrogens (tertiary/aromatic N) is 1. The van der Waals surface area contributed by atoms with E-state index in [-0.39, 0.29) is 17.3 Å². The molecule has 3 heterocycles. The zero-order valence-electron chi connectivity index (χ0n) is 24.6. The Labute approximate surface area is 242 Å². The van der Waals surface area contributed by atoms with Gasteiger partial charge in [0.15, 0.2) is 0 Å². The van der Waals surface area contributed by atoms with Gasteiger partial charge in [0.2, 0.25) is 5.60 Å². The molecule has 0 bridgehead atoms. The van der Waals surface area contributed by atoms with Gasteiger partial charge in [-0.1, -0.05) is 40.2 Å². The van der Waals surface area contributed by atoms with Gasteiger partial charge in [0.1, 0.15) is 5.78 Å². The number of benzene rings is 1. The number of aryl methyl sites for hydroxylation is 1. The third-order valence-electron chi connectivity index (χ3n) is 9.12. The summed E-state index contributed by atoms with van der Waals surface area (Å²) in [7, 11) is 1.53. The van der Waals surface area contributed by atoms with Gasteiger partial charge < -0.3 is 19.3 Å². The molecule has 1 aromatic carbocycles. The van der Waals surface area contributed by atoms with Crippen molar-refractivity contribution in [3.63, 3.8) is 0 Å². The Morgan fingerprint density at radius 3 is 2.49 bits per heavy atom. The van der Waals surface area contributed by atoms with Crippen LogP contribution < -0.4 is 0 Å². The van der Waals surface area contributed by atoms with Crippen LogP contribution in [0.4, 0.5) is 13.2 Å². The number of carbonyl (C=O) groups is 2. The highest BCUT2D eigenvalue weighted by Gasteiger charge is 2.66. The standard InChI is InChI=1S/C30H40F3NO6S/c1-16-9-8-12-28(6)23(39-28)15-29(30(31,32)33,19-10-11-21-20(13-19)34-18(3)41-21)40-24(36)14-22(35)27(4,5)26(37)17(2)25(16)38-7/h10-11,13,16-17,22-23,25,35H,8-9,12,14-15H2,1-7H3. The van der Waals surface area contributed by atoms with Crippen LogP contribution in [0, 0.1) is 24.2 Å². The predicted molar refractivity (Wildman–Crippen MR) is 148 cm³/mol. The van der Waals surface area contributed by atoms with Crippen molar-refractivity contribution in [3.8, 4) is 0 Å². The number of aliphatic hydroxyl groups excluding tert-OH is 1. The molecule has 1 N–H and O–H groups in total. The van der Waals surface area contributed by atoms with E-state index < -0.39 is 65.8 Å². The predicted octanol–water partition coefficient (Wildman–Crippen LogP) is 6.27. The van der Waals surface area contributed by atoms with Crippen LogP contribution in [0.2, 0.25) is 0 Å². The van der Waals surface area contributed by atoms with Crippen LogP contribution in [0.25, 0.3) is 10.2 Å². The first kappa shape index (κ1) is 31.8. The topological polar surface area (TPSA) is 98.2 Å². The number of rotatable bonds is 2. The van der Waals surface area contributed by atoms with E-state index in [1.807, 2.05) is 6.92 Å². The fourth-order valence-corrected chi connectivity index (χ4v) is 7.10. The Hall–Kier alpha value is -2.08. The van der Waals surface area contributed by atoms with E-state index >= 15 is 13.2 Å². The van der Waals surface area contributed by atoms with Crippen molar-refractivity contribution < 1.29 is 42.1 Å². The van der Waals surface area contributed by atoms with Crippen molar-refractivity contribution in [2.45, 2.75) is 109 Å². The van der Waals surface area contributed by atoms with Crippen molar-refractivity contribution >= 4 is 33.3 Å². The number of halogens is 3. The summed E-state index contributed by atoms with van der Waals surface area (Å²) in [5.74, 6) is -2.25. The van der Waals surface area contributed by atoms with Crippen LogP contribution in [0.1, 0.15) is 77.3 Å². The molecule has 0 radical (unpaired) electrons. The second kappa shape index (κ2) is 11.2. The summed E-state index contributed by atoms with van der Waals surface area (Å²) < 4.78 is 63.2. The molecule has 0 spiro atoms. The van der Waals surface area contributed by atoms with Crippen LogP contribution in [0.3, 0.4) is 0 Å². The largest absolute Gasteiger partial charge is 0.444 e. The Bertz CT molecular complexity index is 1290. The summed E-state index contributed by atoms with van der Waals surface area (Å²) in [6, 6.07) is 4.18. The number of fused-ring (bicyclic) bond motifs is 2. The summed E-state index contributed by atoms with van der Waals surface area (Å²) in [5, 5.41) is 11.7. The number of hydrogen-bond acceptors (Lipinski definition) is 8. The number of esters is 1. The van der Waals surface area contributed by atoms with Gasteiger partial charge in [-0.2, -0.15) is 13.2 Å². The molecule has 228 valence electrons. The first-order chi connectivity index (χ1) is 18.9. The number of aromatic nitrogens is 1. The lowest BCUT2D eigenvalue weighted by atomic mass is 9.72. The lowest BCUT2D eigenvalue weighted by Gasteiger charge is -2.38. The van der Waals surface area contributed by atoms with Crippen molar-refractivity contribution in [3.05, 3.63) is 28.8 Å². The Kier molecular flexibility index (Phi) is 8.70. The van der Waals surface area contributed by atoms with Gasteiger partial charge in [0.05, 0.1) is 51.0 Å². The molecular formula is C30H40F3NO6S. The van der Waals surface area contributed by atoms with Gasteiger partial charge in [-0.05, 0) is 44.7 Å². The average molecular weight is 600 g/mol. The minimum atomic E-state index is -5.01. The quantitative estimate of drug-likeness (QED) is 0.321. The monoisotopic (exact) mass is 599 g/mol. The van der Waals surface area contributed by atoms with Gasteiger partial charge in [0.25, 0.3) is 0 Å². The lowest BCUT2D eigenvalue weighted by molar-refractivity contribution is -0.280. The number of epoxide rings is 1. The maximum Gasteiger partial charge on any atom is 0.432 e.